The van der Waals surface area contributed by atoms with Crippen LogP contribution in [0.5, 0.6) is 17.4 Å². The summed E-state index contributed by atoms with van der Waals surface area (Å²) in [4.78, 5) is 27.3. The van der Waals surface area contributed by atoms with Crippen molar-refractivity contribution >= 4 is 11.4 Å². The number of ketones is 1. The second-order valence-electron chi connectivity index (χ2n) is 10.2. The average molecular weight is 498 g/mol. The predicted octanol–water partition coefficient (Wildman–Crippen LogP) is 4.29. The highest BCUT2D eigenvalue weighted by molar-refractivity contribution is 6.00. The van der Waals surface area contributed by atoms with Gasteiger partial charge in [-0.15, -0.1) is 5.10 Å². The van der Waals surface area contributed by atoms with E-state index < -0.39 is 0 Å². The van der Waals surface area contributed by atoms with E-state index in [0.29, 0.717) is 59.4 Å². The van der Waals surface area contributed by atoms with Crippen LogP contribution in [0.1, 0.15) is 55.1 Å². The second kappa shape index (κ2) is 8.69. The third-order valence-corrected chi connectivity index (χ3v) is 6.94. The molecule has 1 atom stereocenters. The molecule has 1 aliphatic heterocycles. The van der Waals surface area contributed by atoms with Gasteiger partial charge in [0.1, 0.15) is 12.1 Å². The third kappa shape index (κ3) is 4.00. The van der Waals surface area contributed by atoms with Crippen LogP contribution >= 0.6 is 0 Å². The molecule has 4 aromatic rings. The summed E-state index contributed by atoms with van der Waals surface area (Å²) < 4.78 is 18.8. The van der Waals surface area contributed by atoms with Gasteiger partial charge in [-0.2, -0.15) is 0 Å². The fourth-order valence-electron chi connectivity index (χ4n) is 5.32. The lowest BCUT2D eigenvalue weighted by Crippen LogP contribution is -2.33. The summed E-state index contributed by atoms with van der Waals surface area (Å²) >= 11 is 0. The molecule has 0 radical (unpaired) electrons. The van der Waals surface area contributed by atoms with Crippen LogP contribution in [-0.2, 0) is 11.2 Å². The maximum Gasteiger partial charge on any atom is 0.228 e. The van der Waals surface area contributed by atoms with Gasteiger partial charge in [-0.3, -0.25) is 9.78 Å². The molecule has 188 valence electrons. The first-order valence-corrected chi connectivity index (χ1v) is 12.2. The highest BCUT2D eigenvalue weighted by Crippen LogP contribution is 2.50. The van der Waals surface area contributed by atoms with Gasteiger partial charge in [0.15, 0.2) is 28.8 Å². The lowest BCUT2D eigenvalue weighted by Gasteiger charge is -2.37. The molecule has 9 heteroatoms. The van der Waals surface area contributed by atoms with Crippen LogP contribution in [-0.4, -0.2) is 44.6 Å². The standard InChI is InChI=1S/C28H27N5O4/c1-28(2)12-18(34)24-21(13-28)37-27-25(23(24)17-6-5-9-29-14-17)26-31-22(32-33(26)15-30-27)11-16-7-8-19(35-3)20(10-16)36-4/h5-10,14-15,23H,11-13H2,1-4H3. The number of pyridine rings is 1. The molecule has 1 aliphatic carbocycles. The molecule has 3 aromatic heterocycles. The van der Waals surface area contributed by atoms with Crippen LogP contribution in [0.15, 0.2) is 60.4 Å². The van der Waals surface area contributed by atoms with E-state index >= 15 is 0 Å². The molecular formula is C28H27N5O4. The first-order chi connectivity index (χ1) is 17.9. The van der Waals surface area contributed by atoms with Gasteiger partial charge >= 0.3 is 0 Å². The van der Waals surface area contributed by atoms with Gasteiger partial charge < -0.3 is 14.2 Å². The minimum absolute atomic E-state index is 0.0813. The number of hydrogen-bond donors (Lipinski definition) is 0. The zero-order valence-corrected chi connectivity index (χ0v) is 21.2. The fourth-order valence-corrected chi connectivity index (χ4v) is 5.32. The van der Waals surface area contributed by atoms with Gasteiger partial charge in [-0.1, -0.05) is 26.0 Å². The number of allylic oxidation sites excluding steroid dienone is 2. The van der Waals surface area contributed by atoms with Gasteiger partial charge in [0.05, 0.1) is 25.7 Å². The first kappa shape index (κ1) is 23.1. The Morgan fingerprint density at radius 1 is 1.14 bits per heavy atom. The highest BCUT2D eigenvalue weighted by atomic mass is 16.5. The van der Waals surface area contributed by atoms with Crippen LogP contribution in [0, 0.1) is 5.41 Å². The lowest BCUT2D eigenvalue weighted by atomic mass is 9.70. The summed E-state index contributed by atoms with van der Waals surface area (Å²) in [5, 5.41) is 4.69. The molecule has 9 nitrogen and oxygen atoms in total. The summed E-state index contributed by atoms with van der Waals surface area (Å²) in [5.74, 6) is 2.76. The summed E-state index contributed by atoms with van der Waals surface area (Å²) in [5.41, 5.74) is 3.70. The number of nitrogens with zero attached hydrogens (tertiary/aromatic N) is 5. The monoisotopic (exact) mass is 497 g/mol. The minimum atomic E-state index is -0.384. The average Bonchev–Trinajstić information content (AvgIpc) is 3.29. The number of carbonyl (C=O) groups excluding carboxylic acids is 1. The van der Waals surface area contributed by atoms with E-state index in [9.17, 15) is 4.79 Å². The number of ether oxygens (including phenoxy) is 3. The number of fused-ring (bicyclic) bond motifs is 3. The van der Waals surface area contributed by atoms with E-state index in [2.05, 4.69) is 28.9 Å². The van der Waals surface area contributed by atoms with Gasteiger partial charge in [0.2, 0.25) is 5.88 Å². The van der Waals surface area contributed by atoms with Crippen LogP contribution in [0.25, 0.3) is 5.65 Å². The Balaban J connectivity index is 1.47. The molecule has 6 rings (SSSR count). The predicted molar refractivity (Wildman–Crippen MR) is 135 cm³/mol. The molecule has 0 bridgehead atoms. The van der Waals surface area contributed by atoms with Crippen LogP contribution < -0.4 is 14.2 Å². The molecule has 0 amide bonds. The zero-order chi connectivity index (χ0) is 25.7. The normalized spacial score (nSPS) is 18.3. The molecule has 0 saturated heterocycles. The maximum absolute atomic E-state index is 13.5. The third-order valence-electron chi connectivity index (χ3n) is 6.94. The maximum atomic E-state index is 13.5. The number of hydrogen-bond acceptors (Lipinski definition) is 8. The smallest absolute Gasteiger partial charge is 0.228 e. The molecule has 0 fully saturated rings. The van der Waals surface area contributed by atoms with Gasteiger partial charge in [0.25, 0.3) is 0 Å². The Morgan fingerprint density at radius 2 is 1.97 bits per heavy atom. The van der Waals surface area contributed by atoms with Crippen LogP contribution in [0.4, 0.5) is 0 Å². The summed E-state index contributed by atoms with van der Waals surface area (Å²) in [6.07, 6.45) is 6.73. The van der Waals surface area contributed by atoms with Crippen molar-refractivity contribution in [2.45, 2.75) is 39.0 Å². The van der Waals surface area contributed by atoms with Crippen molar-refractivity contribution in [3.8, 4) is 17.4 Å². The number of carbonyl (C=O) groups is 1. The summed E-state index contributed by atoms with van der Waals surface area (Å²) in [6, 6.07) is 9.60. The van der Waals surface area contributed by atoms with Crippen LogP contribution in [0.2, 0.25) is 0 Å². The largest absolute Gasteiger partial charge is 0.493 e. The highest BCUT2D eigenvalue weighted by Gasteiger charge is 2.44. The lowest BCUT2D eigenvalue weighted by molar-refractivity contribution is -0.118. The zero-order valence-electron chi connectivity index (χ0n) is 21.2. The number of benzene rings is 1. The first-order valence-electron chi connectivity index (χ1n) is 12.2. The molecule has 1 aromatic carbocycles. The number of rotatable bonds is 5. The van der Waals surface area contributed by atoms with Gasteiger partial charge in [-0.05, 0) is 34.7 Å². The molecule has 0 N–H and O–H groups in total. The number of methoxy groups -OCH3 is 2. The van der Waals surface area contributed by atoms with Crippen molar-refractivity contribution in [3.05, 3.63) is 82.9 Å². The van der Waals surface area contributed by atoms with Gasteiger partial charge in [0, 0.05) is 37.2 Å². The number of aromatic nitrogens is 5. The molecule has 1 unspecified atom stereocenters. The Morgan fingerprint density at radius 3 is 2.73 bits per heavy atom. The molecule has 4 heterocycles. The quantitative estimate of drug-likeness (QED) is 0.402. The Kier molecular flexibility index (Phi) is 5.43. The minimum Gasteiger partial charge on any atom is -0.493 e. The Labute approximate surface area is 214 Å². The van der Waals surface area contributed by atoms with Crippen molar-refractivity contribution in [2.75, 3.05) is 14.2 Å². The van der Waals surface area contributed by atoms with Crippen molar-refractivity contribution < 1.29 is 19.0 Å². The van der Waals surface area contributed by atoms with E-state index in [1.807, 2.05) is 30.3 Å². The Bertz CT molecular complexity index is 1560. The van der Waals surface area contributed by atoms with E-state index in [0.717, 1.165) is 16.7 Å². The Hall–Kier alpha value is -4.27. The van der Waals surface area contributed by atoms with Crippen LogP contribution in [0.3, 0.4) is 0 Å². The summed E-state index contributed by atoms with van der Waals surface area (Å²) in [6.45, 7) is 4.17. The topological polar surface area (TPSA) is 101 Å². The van der Waals surface area contributed by atoms with Crippen molar-refractivity contribution in [2.24, 2.45) is 5.41 Å². The second-order valence-corrected chi connectivity index (χ2v) is 10.2. The SMILES string of the molecule is COc1ccc(Cc2nc3c4c(ncn3n2)OC2=C(C(=O)CC(C)(C)C2)C4c2cccnc2)cc1OC. The van der Waals surface area contributed by atoms with E-state index in [4.69, 9.17) is 19.2 Å². The van der Waals surface area contributed by atoms with E-state index in [1.165, 1.54) is 0 Å². The molecule has 37 heavy (non-hydrogen) atoms. The fraction of sp³-hybridized carbons (Fsp3) is 0.321. The molecular weight excluding hydrogens is 470 g/mol. The molecule has 0 saturated carbocycles. The molecule has 2 aliphatic rings. The van der Waals surface area contributed by atoms with Crippen molar-refractivity contribution in [1.29, 1.82) is 0 Å². The van der Waals surface area contributed by atoms with E-state index in [1.54, 1.807) is 37.5 Å². The van der Waals surface area contributed by atoms with Crippen molar-refractivity contribution in [1.82, 2.24) is 24.6 Å². The summed E-state index contributed by atoms with van der Waals surface area (Å²) in [7, 11) is 3.22. The molecule has 0 spiro atoms. The van der Waals surface area contributed by atoms with Gasteiger partial charge in [-0.25, -0.2) is 14.5 Å². The number of Topliss-reactive ketones (excluding diaryl/α,β-unsaturated/α-hetero) is 1. The van der Waals surface area contributed by atoms with Crippen molar-refractivity contribution in [3.63, 3.8) is 0 Å². The van der Waals surface area contributed by atoms with E-state index in [-0.39, 0.29) is 17.1 Å².